The quantitative estimate of drug-likeness (QED) is 0.305. The van der Waals surface area contributed by atoms with Gasteiger partial charge in [-0.1, -0.05) is 12.8 Å². The highest BCUT2D eigenvalue weighted by atomic mass is 32.2. The topological polar surface area (TPSA) is 80.6 Å². The van der Waals surface area contributed by atoms with Crippen molar-refractivity contribution in [3.05, 3.63) is 64.4 Å². The molecule has 206 valence electrons. The molecule has 1 aliphatic heterocycles. The van der Waals surface area contributed by atoms with Crippen molar-refractivity contribution in [3.8, 4) is 11.4 Å². The molecule has 1 saturated heterocycles. The molecule has 0 bridgehead atoms. The molecule has 2 aliphatic rings. The average Bonchev–Trinajstić information content (AvgIpc) is 3.70. The Morgan fingerprint density at radius 1 is 1.13 bits per heavy atom. The molecule has 39 heavy (non-hydrogen) atoms. The fourth-order valence-electron chi connectivity index (χ4n) is 5.94. The Labute approximate surface area is 232 Å². The lowest BCUT2D eigenvalue weighted by atomic mass is 9.98. The van der Waals surface area contributed by atoms with Crippen LogP contribution in [0, 0.1) is 18.7 Å². The van der Waals surface area contributed by atoms with Crippen molar-refractivity contribution in [1.29, 1.82) is 0 Å². The number of fused-ring (bicyclic) bond motifs is 1. The molecule has 0 N–H and O–H groups in total. The molecule has 8 nitrogen and oxygen atoms in total. The van der Waals surface area contributed by atoms with Gasteiger partial charge in [0, 0.05) is 48.6 Å². The Hall–Kier alpha value is -2.86. The van der Waals surface area contributed by atoms with E-state index in [4.69, 9.17) is 4.74 Å². The highest BCUT2D eigenvalue weighted by molar-refractivity contribution is 7.89. The number of benzene rings is 2. The predicted molar refractivity (Wildman–Crippen MR) is 149 cm³/mol. The average molecular weight is 570 g/mol. The second-order valence-electron chi connectivity index (χ2n) is 10.4. The Bertz CT molecular complexity index is 1580. The smallest absolute Gasteiger partial charge is 0.261 e. The first-order chi connectivity index (χ1) is 18.8. The maximum Gasteiger partial charge on any atom is 0.261 e. The normalized spacial score (nSPS) is 19.7. The zero-order valence-electron chi connectivity index (χ0n) is 22.1. The maximum absolute atomic E-state index is 13.6. The molecule has 1 atom stereocenters. The minimum atomic E-state index is -3.71. The summed E-state index contributed by atoms with van der Waals surface area (Å²) in [6.07, 6.45) is 6.72. The Morgan fingerprint density at radius 3 is 2.59 bits per heavy atom. The number of aromatic nitrogens is 3. The van der Waals surface area contributed by atoms with Crippen LogP contribution in [0.4, 0.5) is 4.39 Å². The first kappa shape index (κ1) is 26.4. The predicted octanol–water partition coefficient (Wildman–Crippen LogP) is 5.18. The lowest BCUT2D eigenvalue weighted by Crippen LogP contribution is -2.51. The van der Waals surface area contributed by atoms with Gasteiger partial charge in [-0.15, -0.1) is 11.3 Å². The van der Waals surface area contributed by atoms with Gasteiger partial charge in [0.2, 0.25) is 0 Å². The van der Waals surface area contributed by atoms with Crippen LogP contribution in [-0.2, 0) is 10.0 Å². The SMILES string of the molecule is COc1cc2c(cnn2-c2ccc(F)cc2)cc1C1CN(S(=O)(=O)c2csc(C)n2)CCN1CC1CCCC1. The molecular formula is C28H32FN5O3S2. The molecule has 0 amide bonds. The van der Waals surface area contributed by atoms with Gasteiger partial charge in [-0.3, -0.25) is 4.90 Å². The number of piperazine rings is 1. The molecule has 6 rings (SSSR count). The zero-order chi connectivity index (χ0) is 27.1. The van der Waals surface area contributed by atoms with Crippen LogP contribution in [0.3, 0.4) is 0 Å². The van der Waals surface area contributed by atoms with Gasteiger partial charge in [0.05, 0.1) is 35.6 Å². The third kappa shape index (κ3) is 5.08. The van der Waals surface area contributed by atoms with Gasteiger partial charge in [-0.05, 0) is 56.0 Å². The van der Waals surface area contributed by atoms with Crippen LogP contribution < -0.4 is 4.74 Å². The van der Waals surface area contributed by atoms with E-state index in [9.17, 15) is 12.8 Å². The molecule has 2 fully saturated rings. The van der Waals surface area contributed by atoms with Crippen LogP contribution in [0.25, 0.3) is 16.6 Å². The summed E-state index contributed by atoms with van der Waals surface area (Å²) in [5, 5.41) is 7.95. The summed E-state index contributed by atoms with van der Waals surface area (Å²) in [5.41, 5.74) is 2.52. The van der Waals surface area contributed by atoms with Gasteiger partial charge in [-0.25, -0.2) is 22.5 Å². The number of methoxy groups -OCH3 is 1. The van der Waals surface area contributed by atoms with E-state index in [1.807, 2.05) is 13.0 Å². The van der Waals surface area contributed by atoms with Gasteiger partial charge in [-0.2, -0.15) is 9.40 Å². The first-order valence-electron chi connectivity index (χ1n) is 13.3. The molecule has 0 radical (unpaired) electrons. The van der Waals surface area contributed by atoms with E-state index in [0.29, 0.717) is 31.3 Å². The molecule has 3 heterocycles. The highest BCUT2D eigenvalue weighted by Gasteiger charge is 2.38. The van der Waals surface area contributed by atoms with Gasteiger partial charge >= 0.3 is 0 Å². The summed E-state index contributed by atoms with van der Waals surface area (Å²) in [5.74, 6) is 0.992. The highest BCUT2D eigenvalue weighted by Crippen LogP contribution is 2.39. The van der Waals surface area contributed by atoms with Crippen molar-refractivity contribution in [1.82, 2.24) is 24.0 Å². The van der Waals surface area contributed by atoms with Gasteiger partial charge in [0.1, 0.15) is 11.6 Å². The largest absolute Gasteiger partial charge is 0.496 e. The Balaban J connectivity index is 1.39. The van der Waals surface area contributed by atoms with Crippen molar-refractivity contribution in [3.63, 3.8) is 0 Å². The van der Waals surface area contributed by atoms with Crippen molar-refractivity contribution in [2.75, 3.05) is 33.3 Å². The van der Waals surface area contributed by atoms with Crippen LogP contribution in [0.5, 0.6) is 5.75 Å². The van der Waals surface area contributed by atoms with Crippen LogP contribution >= 0.6 is 11.3 Å². The van der Waals surface area contributed by atoms with Crippen LogP contribution in [0.15, 0.2) is 53.0 Å². The minimum absolute atomic E-state index is 0.121. The van der Waals surface area contributed by atoms with Crippen molar-refractivity contribution in [2.24, 2.45) is 5.92 Å². The van der Waals surface area contributed by atoms with Crippen LogP contribution in [-0.4, -0.2) is 65.7 Å². The van der Waals surface area contributed by atoms with Gasteiger partial charge in [0.15, 0.2) is 5.03 Å². The molecule has 11 heteroatoms. The maximum atomic E-state index is 13.6. The standard InChI is InChI=1S/C28H32FN5O3S2/c1-19-31-28(18-38-19)39(35,36)33-12-11-32(16-20-5-3-4-6-20)26(17-33)24-13-21-15-30-34(25(21)14-27(24)37-2)23-9-7-22(29)8-10-23/h7-10,13-15,18,20,26H,3-6,11-12,16-17H2,1-2H3. The molecule has 1 aliphatic carbocycles. The van der Waals surface area contributed by atoms with Crippen molar-refractivity contribution in [2.45, 2.75) is 43.7 Å². The number of aryl methyl sites for hydroxylation is 1. The number of nitrogens with zero attached hydrogens (tertiary/aromatic N) is 5. The lowest BCUT2D eigenvalue weighted by molar-refractivity contribution is 0.0985. The number of sulfonamides is 1. The second kappa shape index (κ2) is 10.6. The van der Waals surface area contributed by atoms with Crippen molar-refractivity contribution < 1.29 is 17.5 Å². The molecular weight excluding hydrogens is 537 g/mol. The van der Waals surface area contributed by atoms with E-state index in [0.717, 1.165) is 33.7 Å². The number of rotatable bonds is 7. The monoisotopic (exact) mass is 569 g/mol. The Morgan fingerprint density at radius 2 is 1.90 bits per heavy atom. The van der Waals surface area contributed by atoms with E-state index >= 15 is 0 Å². The van der Waals surface area contributed by atoms with Crippen molar-refractivity contribution >= 4 is 32.3 Å². The van der Waals surface area contributed by atoms with Gasteiger partial charge in [0.25, 0.3) is 10.0 Å². The van der Waals surface area contributed by atoms with Crippen LogP contribution in [0.1, 0.15) is 42.3 Å². The number of hydrogen-bond acceptors (Lipinski definition) is 7. The fourth-order valence-corrected chi connectivity index (χ4v) is 8.28. The summed E-state index contributed by atoms with van der Waals surface area (Å²) in [4.78, 5) is 6.72. The summed E-state index contributed by atoms with van der Waals surface area (Å²) in [6, 6.07) is 10.0. The number of ether oxygens (including phenoxy) is 1. The molecule has 4 aromatic rings. The molecule has 2 aromatic carbocycles. The Kier molecular flexibility index (Phi) is 7.17. The third-order valence-corrected chi connectivity index (χ3v) is 10.6. The van der Waals surface area contributed by atoms with Crippen LogP contribution in [0.2, 0.25) is 0 Å². The summed E-state index contributed by atoms with van der Waals surface area (Å²) < 4.78 is 49.9. The summed E-state index contributed by atoms with van der Waals surface area (Å²) >= 11 is 1.35. The summed E-state index contributed by atoms with van der Waals surface area (Å²) in [6.45, 7) is 4.14. The number of halogens is 1. The second-order valence-corrected chi connectivity index (χ2v) is 13.4. The van der Waals surface area contributed by atoms with E-state index in [-0.39, 0.29) is 16.9 Å². The zero-order valence-corrected chi connectivity index (χ0v) is 23.7. The first-order valence-corrected chi connectivity index (χ1v) is 15.6. The fraction of sp³-hybridized carbons (Fsp3) is 0.429. The molecule has 2 aromatic heterocycles. The minimum Gasteiger partial charge on any atom is -0.496 e. The summed E-state index contributed by atoms with van der Waals surface area (Å²) in [7, 11) is -2.07. The lowest BCUT2D eigenvalue weighted by Gasteiger charge is -2.42. The van der Waals surface area contributed by atoms with E-state index in [1.165, 1.54) is 49.2 Å². The van der Waals surface area contributed by atoms with E-state index in [2.05, 4.69) is 21.0 Å². The van der Waals surface area contributed by atoms with E-state index in [1.54, 1.807) is 39.8 Å². The number of hydrogen-bond donors (Lipinski definition) is 0. The molecule has 1 unspecified atom stereocenters. The molecule has 0 spiro atoms. The van der Waals surface area contributed by atoms with Gasteiger partial charge < -0.3 is 4.74 Å². The van der Waals surface area contributed by atoms with E-state index < -0.39 is 10.0 Å². The third-order valence-electron chi connectivity index (χ3n) is 7.97. The molecule has 1 saturated carbocycles. The number of thiazole rings is 1.